The summed E-state index contributed by atoms with van der Waals surface area (Å²) in [5.41, 5.74) is 0.114. The van der Waals surface area contributed by atoms with Crippen molar-refractivity contribution >= 4 is 5.97 Å². The number of aliphatic carboxylic acids is 1. The lowest BCUT2D eigenvalue weighted by Gasteiger charge is -2.17. The molecular weight excluding hydrogens is 220 g/mol. The maximum Gasteiger partial charge on any atom is 0.303 e. The van der Waals surface area contributed by atoms with Gasteiger partial charge in [-0.25, -0.2) is 4.68 Å². The largest absolute Gasteiger partial charge is 0.481 e. The third kappa shape index (κ3) is 4.93. The van der Waals surface area contributed by atoms with E-state index < -0.39 is 5.97 Å². The first-order chi connectivity index (χ1) is 7.78. The van der Waals surface area contributed by atoms with Crippen molar-refractivity contribution in [1.82, 2.24) is 20.2 Å². The van der Waals surface area contributed by atoms with Gasteiger partial charge in [0.25, 0.3) is 0 Å². The van der Waals surface area contributed by atoms with Crippen LogP contribution in [0.5, 0.6) is 0 Å². The predicted octanol–water partition coefficient (Wildman–Crippen LogP) is 1.37. The fraction of sp³-hybridized carbons (Fsp3) is 0.818. The molecule has 1 aromatic heterocycles. The van der Waals surface area contributed by atoms with Gasteiger partial charge in [0.15, 0.2) is 5.82 Å². The molecule has 6 heteroatoms. The standard InChI is InChI=1S/C11H20N4O2/c1-8(5-10(16)17)7-15-9(12-13-14-15)6-11(2,3)4/h8H,5-7H2,1-4H3,(H,16,17). The summed E-state index contributed by atoms with van der Waals surface area (Å²) >= 11 is 0. The van der Waals surface area contributed by atoms with Crippen LogP contribution in [0, 0.1) is 11.3 Å². The van der Waals surface area contributed by atoms with Crippen molar-refractivity contribution in [3.05, 3.63) is 5.82 Å². The summed E-state index contributed by atoms with van der Waals surface area (Å²) in [7, 11) is 0. The molecule has 0 fully saturated rings. The van der Waals surface area contributed by atoms with Crippen LogP contribution in [-0.2, 0) is 17.8 Å². The number of hydrogen-bond donors (Lipinski definition) is 1. The Balaban J connectivity index is 2.66. The summed E-state index contributed by atoms with van der Waals surface area (Å²) in [6.07, 6.45) is 0.911. The van der Waals surface area contributed by atoms with Gasteiger partial charge in [-0.2, -0.15) is 0 Å². The van der Waals surface area contributed by atoms with Crippen LogP contribution >= 0.6 is 0 Å². The van der Waals surface area contributed by atoms with Crippen LogP contribution < -0.4 is 0 Å². The van der Waals surface area contributed by atoms with Crippen LogP contribution in [0.3, 0.4) is 0 Å². The molecule has 0 aromatic carbocycles. The predicted molar refractivity (Wildman–Crippen MR) is 62.4 cm³/mol. The van der Waals surface area contributed by atoms with Gasteiger partial charge in [0, 0.05) is 19.4 Å². The molecule has 0 saturated carbocycles. The minimum Gasteiger partial charge on any atom is -0.481 e. The second-order valence-electron chi connectivity index (χ2n) is 5.72. The van der Waals surface area contributed by atoms with Gasteiger partial charge in [-0.15, -0.1) is 5.10 Å². The topological polar surface area (TPSA) is 80.9 Å². The molecule has 0 aliphatic carbocycles. The van der Waals surface area contributed by atoms with E-state index in [-0.39, 0.29) is 17.8 Å². The lowest BCUT2D eigenvalue weighted by Crippen LogP contribution is -2.19. The maximum absolute atomic E-state index is 10.6. The second kappa shape index (κ2) is 5.25. The Kier molecular flexibility index (Phi) is 4.20. The van der Waals surface area contributed by atoms with E-state index in [1.807, 2.05) is 6.92 Å². The molecule has 1 unspecified atom stereocenters. The van der Waals surface area contributed by atoms with Gasteiger partial charge in [-0.05, 0) is 21.8 Å². The van der Waals surface area contributed by atoms with Gasteiger partial charge in [-0.1, -0.05) is 27.7 Å². The van der Waals surface area contributed by atoms with Gasteiger partial charge in [-0.3, -0.25) is 4.79 Å². The van der Waals surface area contributed by atoms with E-state index in [4.69, 9.17) is 5.11 Å². The highest BCUT2D eigenvalue weighted by Gasteiger charge is 2.18. The molecule has 1 aromatic rings. The monoisotopic (exact) mass is 240 g/mol. The number of tetrazole rings is 1. The summed E-state index contributed by atoms with van der Waals surface area (Å²) in [4.78, 5) is 10.6. The van der Waals surface area contributed by atoms with Crippen molar-refractivity contribution in [2.24, 2.45) is 11.3 Å². The first kappa shape index (κ1) is 13.6. The molecule has 1 rings (SSSR count). The molecule has 1 N–H and O–H groups in total. The number of nitrogens with zero attached hydrogens (tertiary/aromatic N) is 4. The molecule has 0 spiro atoms. The average molecular weight is 240 g/mol. The number of carboxylic acids is 1. The molecule has 0 bridgehead atoms. The molecule has 0 aliphatic rings. The maximum atomic E-state index is 10.6. The Hall–Kier alpha value is -1.46. The average Bonchev–Trinajstić information content (AvgIpc) is 2.48. The zero-order chi connectivity index (χ0) is 13.1. The quantitative estimate of drug-likeness (QED) is 0.840. The molecule has 0 aliphatic heterocycles. The van der Waals surface area contributed by atoms with E-state index in [2.05, 4.69) is 36.3 Å². The van der Waals surface area contributed by atoms with Crippen LogP contribution in [0.25, 0.3) is 0 Å². The highest BCUT2D eigenvalue weighted by Crippen LogP contribution is 2.19. The zero-order valence-electron chi connectivity index (χ0n) is 10.8. The number of aromatic nitrogens is 4. The summed E-state index contributed by atoms with van der Waals surface area (Å²) < 4.78 is 1.71. The smallest absolute Gasteiger partial charge is 0.303 e. The van der Waals surface area contributed by atoms with Crippen LogP contribution in [0.4, 0.5) is 0 Å². The van der Waals surface area contributed by atoms with E-state index in [9.17, 15) is 4.79 Å². The minimum atomic E-state index is -0.789. The number of carboxylic acid groups (broad SMARTS) is 1. The molecule has 0 amide bonds. The number of rotatable bonds is 5. The third-order valence-electron chi connectivity index (χ3n) is 2.30. The van der Waals surface area contributed by atoms with Crippen LogP contribution in [-0.4, -0.2) is 31.3 Å². The van der Waals surface area contributed by atoms with Gasteiger partial charge in [0.05, 0.1) is 0 Å². The van der Waals surface area contributed by atoms with Crippen molar-refractivity contribution in [3.63, 3.8) is 0 Å². The Bertz CT molecular complexity index is 381. The van der Waals surface area contributed by atoms with E-state index in [1.54, 1.807) is 4.68 Å². The number of carbonyl (C=O) groups is 1. The Labute approximate surface area is 101 Å². The Morgan fingerprint density at radius 1 is 1.47 bits per heavy atom. The molecular formula is C11H20N4O2. The van der Waals surface area contributed by atoms with E-state index in [1.165, 1.54) is 0 Å². The van der Waals surface area contributed by atoms with Gasteiger partial charge in [0.2, 0.25) is 0 Å². The van der Waals surface area contributed by atoms with Crippen LogP contribution in [0.2, 0.25) is 0 Å². The molecule has 17 heavy (non-hydrogen) atoms. The fourth-order valence-corrected chi connectivity index (χ4v) is 1.62. The van der Waals surface area contributed by atoms with Gasteiger partial charge >= 0.3 is 5.97 Å². The van der Waals surface area contributed by atoms with Crippen molar-refractivity contribution in [2.75, 3.05) is 0 Å². The number of hydrogen-bond acceptors (Lipinski definition) is 4. The van der Waals surface area contributed by atoms with Crippen LogP contribution in [0.15, 0.2) is 0 Å². The van der Waals surface area contributed by atoms with Crippen LogP contribution in [0.1, 0.15) is 39.9 Å². The Morgan fingerprint density at radius 3 is 2.65 bits per heavy atom. The second-order valence-corrected chi connectivity index (χ2v) is 5.72. The highest BCUT2D eigenvalue weighted by molar-refractivity contribution is 5.66. The van der Waals surface area contributed by atoms with Crippen molar-refractivity contribution in [3.8, 4) is 0 Å². The third-order valence-corrected chi connectivity index (χ3v) is 2.30. The minimum absolute atomic E-state index is 0.0229. The van der Waals surface area contributed by atoms with Gasteiger partial charge < -0.3 is 5.11 Å². The van der Waals surface area contributed by atoms with Crippen molar-refractivity contribution in [1.29, 1.82) is 0 Å². The lowest BCUT2D eigenvalue weighted by molar-refractivity contribution is -0.138. The Morgan fingerprint density at radius 2 is 2.12 bits per heavy atom. The zero-order valence-corrected chi connectivity index (χ0v) is 10.8. The molecule has 6 nitrogen and oxygen atoms in total. The normalized spacial score (nSPS) is 13.6. The lowest BCUT2D eigenvalue weighted by atomic mass is 9.92. The SMILES string of the molecule is CC(CC(=O)O)Cn1nnnc1CC(C)(C)C. The first-order valence-electron chi connectivity index (χ1n) is 5.75. The molecule has 96 valence electrons. The molecule has 0 radical (unpaired) electrons. The molecule has 1 heterocycles. The van der Waals surface area contributed by atoms with Crippen molar-refractivity contribution in [2.45, 2.75) is 47.1 Å². The summed E-state index contributed by atoms with van der Waals surface area (Å²) in [6.45, 7) is 8.79. The summed E-state index contributed by atoms with van der Waals surface area (Å²) in [5, 5.41) is 20.3. The molecule has 0 saturated heterocycles. The van der Waals surface area contributed by atoms with E-state index >= 15 is 0 Å². The van der Waals surface area contributed by atoms with Crippen molar-refractivity contribution < 1.29 is 9.90 Å². The molecule has 1 atom stereocenters. The highest BCUT2D eigenvalue weighted by atomic mass is 16.4. The summed E-state index contributed by atoms with van der Waals surface area (Å²) in [5.74, 6) is 0.0485. The fourth-order valence-electron chi connectivity index (χ4n) is 1.62. The van der Waals surface area contributed by atoms with E-state index in [0.717, 1.165) is 12.2 Å². The van der Waals surface area contributed by atoms with Gasteiger partial charge in [0.1, 0.15) is 0 Å². The summed E-state index contributed by atoms with van der Waals surface area (Å²) in [6, 6.07) is 0. The first-order valence-corrected chi connectivity index (χ1v) is 5.75. The van der Waals surface area contributed by atoms with E-state index in [0.29, 0.717) is 6.54 Å².